The number of fused-ring (bicyclic) bond motifs is 1. The van der Waals surface area contributed by atoms with E-state index in [1.807, 2.05) is 13.0 Å². The van der Waals surface area contributed by atoms with Crippen LogP contribution in [0.3, 0.4) is 0 Å². The first-order valence-electron chi connectivity index (χ1n) is 14.2. The van der Waals surface area contributed by atoms with Crippen molar-refractivity contribution in [1.29, 1.82) is 0 Å². The molecule has 3 heterocycles. The molecule has 44 heavy (non-hydrogen) atoms. The smallest absolute Gasteiger partial charge is 0.407 e. The number of nitrogens with one attached hydrogen (secondary N) is 2. The molecule has 2 aromatic heterocycles. The molecule has 0 bridgehead atoms. The van der Waals surface area contributed by atoms with Crippen molar-refractivity contribution in [3.63, 3.8) is 0 Å². The van der Waals surface area contributed by atoms with Crippen molar-refractivity contribution >= 4 is 44.6 Å². The lowest BCUT2D eigenvalue weighted by Crippen LogP contribution is -2.44. The number of pyridine rings is 1. The van der Waals surface area contributed by atoms with Gasteiger partial charge in [0, 0.05) is 42.3 Å². The van der Waals surface area contributed by atoms with Crippen LogP contribution in [0.2, 0.25) is 0 Å². The fourth-order valence-corrected chi connectivity index (χ4v) is 6.30. The van der Waals surface area contributed by atoms with E-state index in [0.29, 0.717) is 58.8 Å². The van der Waals surface area contributed by atoms with Crippen LogP contribution >= 0.6 is 0 Å². The highest BCUT2D eigenvalue weighted by molar-refractivity contribution is 7.92. The van der Waals surface area contributed by atoms with Crippen molar-refractivity contribution in [3.05, 3.63) is 72.3 Å². The molecule has 1 aliphatic heterocycles. The van der Waals surface area contributed by atoms with Crippen LogP contribution in [0.1, 0.15) is 37.3 Å². The SMILES string of the molecule is C=Cc1cnc(Oc2c(C)ccc3c(NS(=O)(=O)CCC)c(F)ccc23)c(-c2ccnc(NC3CCCN(C(=O)O)C3)n2)c1. The molecule has 1 aliphatic rings. The molecular weight excluding hydrogens is 587 g/mol. The van der Waals surface area contributed by atoms with Crippen LogP contribution in [0.5, 0.6) is 11.6 Å². The zero-order chi connectivity index (χ0) is 31.4. The molecule has 13 heteroatoms. The zero-order valence-corrected chi connectivity index (χ0v) is 25.2. The molecule has 1 fully saturated rings. The number of sulfonamides is 1. The van der Waals surface area contributed by atoms with Gasteiger partial charge in [0.05, 0.1) is 22.7 Å². The highest BCUT2D eigenvalue weighted by atomic mass is 32.2. The monoisotopic (exact) mass is 620 g/mol. The van der Waals surface area contributed by atoms with Gasteiger partial charge in [-0.3, -0.25) is 4.72 Å². The Hall–Kier alpha value is -4.78. The van der Waals surface area contributed by atoms with E-state index in [4.69, 9.17) is 4.74 Å². The lowest BCUT2D eigenvalue weighted by atomic mass is 10.0. The number of carboxylic acid groups (broad SMARTS) is 1. The molecule has 0 saturated carbocycles. The van der Waals surface area contributed by atoms with Crippen molar-refractivity contribution in [3.8, 4) is 22.9 Å². The minimum absolute atomic E-state index is 0.144. The van der Waals surface area contributed by atoms with Crippen LogP contribution in [0.4, 0.5) is 20.8 Å². The second-order valence-electron chi connectivity index (χ2n) is 10.6. The molecule has 5 rings (SSSR count). The standard InChI is InChI=1S/C31H33FN6O5S/c1-4-15-44(41,42)37-27-22-9-8-19(3)28(23(22)10-11-25(27)32)43-29-24(16-20(5-2)17-34-29)26-12-13-33-30(36-26)35-21-7-6-14-38(18-21)31(39)40/h5,8-13,16-17,21,37H,2,4,6-7,14-15,18H2,1,3H3,(H,39,40)(H,33,35,36). The number of piperidine rings is 1. The second kappa shape index (κ2) is 12.8. The first-order chi connectivity index (χ1) is 21.1. The van der Waals surface area contributed by atoms with Crippen molar-refractivity contribution in [2.45, 2.75) is 39.2 Å². The first-order valence-corrected chi connectivity index (χ1v) is 15.8. The maximum absolute atomic E-state index is 14.9. The Morgan fingerprint density at radius 2 is 2.02 bits per heavy atom. The number of hydrogen-bond donors (Lipinski definition) is 3. The summed E-state index contributed by atoms with van der Waals surface area (Å²) in [6.07, 6.45) is 5.75. The van der Waals surface area contributed by atoms with Gasteiger partial charge in [-0.2, -0.15) is 0 Å². The normalized spacial score (nSPS) is 15.2. The summed E-state index contributed by atoms with van der Waals surface area (Å²) in [7, 11) is -3.76. The number of halogens is 1. The fourth-order valence-electron chi connectivity index (χ4n) is 5.15. The molecule has 3 N–H and O–H groups in total. The van der Waals surface area contributed by atoms with Gasteiger partial charge >= 0.3 is 6.09 Å². The average molecular weight is 621 g/mol. The number of aryl methyl sites for hydroxylation is 1. The summed E-state index contributed by atoms with van der Waals surface area (Å²) in [6.45, 7) is 8.21. The lowest BCUT2D eigenvalue weighted by Gasteiger charge is -2.31. The Balaban J connectivity index is 1.52. The summed E-state index contributed by atoms with van der Waals surface area (Å²) in [5, 5.41) is 13.5. The van der Waals surface area contributed by atoms with E-state index >= 15 is 0 Å². The van der Waals surface area contributed by atoms with Gasteiger partial charge < -0.3 is 20.1 Å². The van der Waals surface area contributed by atoms with Gasteiger partial charge in [-0.05, 0) is 61.6 Å². The van der Waals surface area contributed by atoms with Crippen LogP contribution in [0.25, 0.3) is 28.1 Å². The van der Waals surface area contributed by atoms with Crippen molar-refractivity contribution in [1.82, 2.24) is 19.9 Å². The molecular formula is C31H33FN6O5S. The van der Waals surface area contributed by atoms with E-state index in [9.17, 15) is 22.7 Å². The number of anilines is 2. The molecule has 0 radical (unpaired) electrons. The van der Waals surface area contributed by atoms with Crippen LogP contribution in [0, 0.1) is 12.7 Å². The van der Waals surface area contributed by atoms with Crippen LogP contribution < -0.4 is 14.8 Å². The number of benzene rings is 2. The largest absolute Gasteiger partial charge is 0.465 e. The Labute approximate surface area is 254 Å². The second-order valence-corrected chi connectivity index (χ2v) is 12.4. The third-order valence-electron chi connectivity index (χ3n) is 7.29. The zero-order valence-electron chi connectivity index (χ0n) is 24.4. The summed E-state index contributed by atoms with van der Waals surface area (Å²) in [4.78, 5) is 26.4. The Morgan fingerprint density at radius 3 is 2.77 bits per heavy atom. The number of nitrogens with zero attached hydrogens (tertiary/aromatic N) is 4. The maximum Gasteiger partial charge on any atom is 0.407 e. The van der Waals surface area contributed by atoms with Crippen LogP contribution in [-0.4, -0.2) is 64.4 Å². The van der Waals surface area contributed by atoms with Crippen molar-refractivity contribution in [2.24, 2.45) is 0 Å². The molecule has 0 spiro atoms. The fraction of sp³-hybridized carbons (Fsp3) is 0.290. The first kappa shape index (κ1) is 30.7. The van der Waals surface area contributed by atoms with E-state index in [2.05, 4.69) is 31.6 Å². The summed E-state index contributed by atoms with van der Waals surface area (Å²) >= 11 is 0. The third-order valence-corrected chi connectivity index (χ3v) is 8.75. The van der Waals surface area contributed by atoms with Crippen molar-refractivity contribution < 1.29 is 27.4 Å². The molecule has 4 aromatic rings. The molecule has 1 amide bonds. The summed E-state index contributed by atoms with van der Waals surface area (Å²) in [5.74, 6) is 0.0713. The van der Waals surface area contributed by atoms with E-state index in [-0.39, 0.29) is 23.4 Å². The van der Waals surface area contributed by atoms with Gasteiger partial charge in [0.25, 0.3) is 0 Å². The number of likely N-dealkylation sites (tertiary alicyclic amines) is 1. The van der Waals surface area contributed by atoms with Gasteiger partial charge in [0.15, 0.2) is 0 Å². The molecule has 0 aliphatic carbocycles. The summed E-state index contributed by atoms with van der Waals surface area (Å²) < 4.78 is 48.8. The van der Waals surface area contributed by atoms with Gasteiger partial charge in [-0.25, -0.2) is 32.6 Å². The predicted molar refractivity (Wildman–Crippen MR) is 168 cm³/mol. The number of hydrogen-bond acceptors (Lipinski definition) is 8. The van der Waals surface area contributed by atoms with E-state index in [1.165, 1.54) is 11.0 Å². The lowest BCUT2D eigenvalue weighted by molar-refractivity contribution is 0.132. The third kappa shape index (κ3) is 6.72. The molecule has 11 nitrogen and oxygen atoms in total. The number of carbonyl (C=O) groups is 1. The highest BCUT2D eigenvalue weighted by Crippen LogP contribution is 2.40. The van der Waals surface area contributed by atoms with Crippen molar-refractivity contribution in [2.75, 3.05) is 28.9 Å². The number of rotatable bonds is 10. The van der Waals surface area contributed by atoms with Gasteiger partial charge in [0.1, 0.15) is 11.6 Å². The van der Waals surface area contributed by atoms with E-state index in [0.717, 1.165) is 18.4 Å². The summed E-state index contributed by atoms with van der Waals surface area (Å²) in [6, 6.07) is 9.50. The Morgan fingerprint density at radius 1 is 1.23 bits per heavy atom. The number of amides is 1. The Bertz CT molecular complexity index is 1830. The molecule has 1 saturated heterocycles. The van der Waals surface area contributed by atoms with Gasteiger partial charge in [0.2, 0.25) is 21.9 Å². The molecule has 1 atom stereocenters. The van der Waals surface area contributed by atoms with Crippen LogP contribution in [-0.2, 0) is 10.0 Å². The number of aromatic nitrogens is 3. The minimum Gasteiger partial charge on any atom is -0.465 e. The van der Waals surface area contributed by atoms with E-state index < -0.39 is 21.9 Å². The Kier molecular flexibility index (Phi) is 8.95. The molecule has 230 valence electrons. The molecule has 1 unspecified atom stereocenters. The quantitative estimate of drug-likeness (QED) is 0.186. The minimum atomic E-state index is -3.76. The predicted octanol–water partition coefficient (Wildman–Crippen LogP) is 6.28. The number of ether oxygens (including phenoxy) is 1. The van der Waals surface area contributed by atoms with Crippen LogP contribution in [0.15, 0.2) is 55.4 Å². The molecule has 2 aromatic carbocycles. The maximum atomic E-state index is 14.9. The van der Waals surface area contributed by atoms with Gasteiger partial charge in [-0.15, -0.1) is 0 Å². The average Bonchev–Trinajstić information content (AvgIpc) is 3.00. The van der Waals surface area contributed by atoms with E-state index in [1.54, 1.807) is 49.7 Å². The highest BCUT2D eigenvalue weighted by Gasteiger charge is 2.24. The van der Waals surface area contributed by atoms with Gasteiger partial charge in [-0.1, -0.05) is 31.7 Å². The topological polar surface area (TPSA) is 147 Å². The summed E-state index contributed by atoms with van der Waals surface area (Å²) in [5.41, 5.74) is 2.32.